The lowest BCUT2D eigenvalue weighted by atomic mass is 10.1. The minimum atomic E-state index is -1.52. The van der Waals surface area contributed by atoms with Crippen LogP contribution in [0.15, 0.2) is 30.3 Å². The highest BCUT2D eigenvalue weighted by atomic mass is 32.1. The van der Waals surface area contributed by atoms with Gasteiger partial charge in [0, 0.05) is 18.6 Å². The fourth-order valence-corrected chi connectivity index (χ4v) is 3.55. The van der Waals surface area contributed by atoms with Gasteiger partial charge in [0.2, 0.25) is 23.6 Å². The number of aliphatic carboxylic acids is 3. The lowest BCUT2D eigenvalue weighted by Crippen LogP contribution is -2.58. The van der Waals surface area contributed by atoms with Crippen LogP contribution in [0.5, 0.6) is 0 Å². The molecule has 1 rings (SSSR count). The predicted molar refractivity (Wildman–Crippen MR) is 142 cm³/mol. The van der Waals surface area contributed by atoms with Crippen LogP contribution in [-0.2, 0) is 40.0 Å². The Morgan fingerprint density at radius 1 is 0.775 bits per heavy atom. The predicted octanol–water partition coefficient (Wildman–Crippen LogP) is -2.13. The Labute approximate surface area is 234 Å². The maximum absolute atomic E-state index is 12.8. The van der Waals surface area contributed by atoms with Crippen LogP contribution in [0.4, 0.5) is 0 Å². The first kappa shape index (κ1) is 33.8. The molecule has 1 aromatic rings. The van der Waals surface area contributed by atoms with Gasteiger partial charge in [0.05, 0.1) is 12.5 Å². The molecule has 0 radical (unpaired) electrons. The molecule has 0 spiro atoms. The van der Waals surface area contributed by atoms with Crippen molar-refractivity contribution in [3.05, 3.63) is 35.9 Å². The molecule has 15 nitrogen and oxygen atoms in total. The van der Waals surface area contributed by atoms with Crippen LogP contribution in [0.3, 0.4) is 0 Å². The van der Waals surface area contributed by atoms with Gasteiger partial charge in [-0.25, -0.2) is 4.79 Å². The molecule has 0 saturated heterocycles. The van der Waals surface area contributed by atoms with E-state index >= 15 is 0 Å². The van der Waals surface area contributed by atoms with Gasteiger partial charge in [-0.3, -0.25) is 28.8 Å². The van der Waals surface area contributed by atoms with Gasteiger partial charge in [-0.2, -0.15) is 12.6 Å². The number of benzene rings is 1. The van der Waals surface area contributed by atoms with Crippen molar-refractivity contribution in [1.82, 2.24) is 21.3 Å². The van der Waals surface area contributed by atoms with E-state index in [9.17, 15) is 38.7 Å². The Kier molecular flexibility index (Phi) is 14.1. The molecule has 0 unspecified atom stereocenters. The quantitative estimate of drug-likeness (QED) is 0.0895. The molecule has 0 aliphatic rings. The molecule has 0 aliphatic heterocycles. The van der Waals surface area contributed by atoms with E-state index in [0.717, 1.165) is 0 Å². The number of amides is 4. The molecule has 4 amide bonds. The van der Waals surface area contributed by atoms with Crippen LogP contribution in [0.1, 0.15) is 31.7 Å². The molecule has 5 atom stereocenters. The van der Waals surface area contributed by atoms with E-state index in [4.69, 9.17) is 15.9 Å². The summed E-state index contributed by atoms with van der Waals surface area (Å²) in [4.78, 5) is 83.7. The lowest BCUT2D eigenvalue weighted by Gasteiger charge is -2.24. The summed E-state index contributed by atoms with van der Waals surface area (Å²) in [5, 5.41) is 36.4. The fraction of sp³-hybridized carbons (Fsp3) is 0.458. The van der Waals surface area contributed by atoms with E-state index in [-0.39, 0.29) is 12.2 Å². The summed E-state index contributed by atoms with van der Waals surface area (Å²) in [6.07, 6.45) is -1.69. The number of nitrogens with two attached hydrogens (primary N) is 1. The largest absolute Gasteiger partial charge is 0.481 e. The topological polar surface area (TPSA) is 254 Å². The second-order valence-electron chi connectivity index (χ2n) is 8.76. The lowest BCUT2D eigenvalue weighted by molar-refractivity contribution is -0.142. The monoisotopic (exact) mass is 583 g/mol. The third-order valence-electron chi connectivity index (χ3n) is 5.48. The Hall–Kier alpha value is -4.18. The van der Waals surface area contributed by atoms with E-state index < -0.39 is 91.0 Å². The van der Waals surface area contributed by atoms with Crippen molar-refractivity contribution in [3.8, 4) is 0 Å². The summed E-state index contributed by atoms with van der Waals surface area (Å²) in [7, 11) is 0. The first-order valence-corrected chi connectivity index (χ1v) is 12.7. The normalized spacial score (nSPS) is 14.4. The minimum Gasteiger partial charge on any atom is -0.481 e. The second kappa shape index (κ2) is 16.7. The van der Waals surface area contributed by atoms with Crippen LogP contribution < -0.4 is 27.0 Å². The zero-order valence-corrected chi connectivity index (χ0v) is 22.4. The van der Waals surface area contributed by atoms with Crippen LogP contribution >= 0.6 is 12.6 Å². The molecule has 0 aliphatic carbocycles. The third-order valence-corrected chi connectivity index (χ3v) is 5.84. The standard InChI is InChI=1S/C24H33N5O10S/c1-12(20(34)28-16(24(38)39)9-13-5-3-2-4-6-13)26-23(37)17(11-40)29-22(36)15(7-8-18(30)31)27-21(35)14(25)10-19(32)33/h2-6,12,14-17,40H,7-11,25H2,1H3,(H,26,37)(H,27,35)(H,28,34)(H,29,36)(H,30,31)(H,32,33)(H,38,39)/t12-,14-,15-,16-,17-/m0/s1. The number of hydrogen-bond donors (Lipinski definition) is 9. The van der Waals surface area contributed by atoms with Gasteiger partial charge in [-0.15, -0.1) is 0 Å². The van der Waals surface area contributed by atoms with Gasteiger partial charge in [-0.05, 0) is 18.9 Å². The molecule has 9 N–H and O–H groups in total. The molecule has 0 heterocycles. The van der Waals surface area contributed by atoms with E-state index in [1.54, 1.807) is 30.3 Å². The van der Waals surface area contributed by atoms with Gasteiger partial charge in [0.1, 0.15) is 24.2 Å². The van der Waals surface area contributed by atoms with E-state index in [0.29, 0.717) is 5.56 Å². The number of rotatable bonds is 17. The molecule has 0 saturated carbocycles. The fourth-order valence-electron chi connectivity index (χ4n) is 3.29. The molecule has 0 bridgehead atoms. The molecular formula is C24H33N5O10S. The van der Waals surface area contributed by atoms with Gasteiger partial charge >= 0.3 is 17.9 Å². The molecule has 220 valence electrons. The number of carboxylic acid groups (broad SMARTS) is 3. The maximum Gasteiger partial charge on any atom is 0.326 e. The smallest absolute Gasteiger partial charge is 0.326 e. The summed E-state index contributed by atoms with van der Waals surface area (Å²) in [5.41, 5.74) is 6.15. The Bertz CT molecular complexity index is 1090. The number of nitrogens with one attached hydrogen (secondary N) is 4. The SMILES string of the molecule is C[C@H](NC(=O)[C@H](CS)NC(=O)[C@H](CCC(=O)O)NC(=O)[C@@H](N)CC(=O)O)C(=O)N[C@@H](Cc1ccccc1)C(=O)O. The van der Waals surface area contributed by atoms with Crippen LogP contribution in [-0.4, -0.2) is 92.8 Å². The summed E-state index contributed by atoms with van der Waals surface area (Å²) < 4.78 is 0. The molecule has 1 aromatic carbocycles. The molecule has 0 fully saturated rings. The highest BCUT2D eigenvalue weighted by molar-refractivity contribution is 7.80. The average molecular weight is 584 g/mol. The first-order chi connectivity index (χ1) is 18.7. The number of hydrogen-bond acceptors (Lipinski definition) is 9. The van der Waals surface area contributed by atoms with Crippen molar-refractivity contribution < 1.29 is 48.9 Å². The zero-order chi connectivity index (χ0) is 30.4. The summed E-state index contributed by atoms with van der Waals surface area (Å²) in [6, 6.07) is 1.73. The van der Waals surface area contributed by atoms with Crippen molar-refractivity contribution in [2.45, 2.75) is 62.8 Å². The molecule has 0 aromatic heterocycles. The molecular weight excluding hydrogens is 550 g/mol. The zero-order valence-electron chi connectivity index (χ0n) is 21.5. The summed E-state index contributed by atoms with van der Waals surface area (Å²) in [5.74, 6) is -7.87. The first-order valence-electron chi connectivity index (χ1n) is 12.0. The number of carboxylic acids is 3. The van der Waals surface area contributed by atoms with Crippen LogP contribution in [0.25, 0.3) is 0 Å². The van der Waals surface area contributed by atoms with Crippen molar-refractivity contribution in [3.63, 3.8) is 0 Å². The summed E-state index contributed by atoms with van der Waals surface area (Å²) >= 11 is 4.01. The minimum absolute atomic E-state index is 0.00250. The molecule has 40 heavy (non-hydrogen) atoms. The van der Waals surface area contributed by atoms with Crippen molar-refractivity contribution >= 4 is 54.2 Å². The van der Waals surface area contributed by atoms with Gasteiger partial charge in [0.15, 0.2) is 0 Å². The number of thiol groups is 1. The Morgan fingerprint density at radius 3 is 1.85 bits per heavy atom. The average Bonchev–Trinajstić information content (AvgIpc) is 2.88. The number of carbonyl (C=O) groups is 7. The number of carbonyl (C=O) groups excluding carboxylic acids is 4. The van der Waals surface area contributed by atoms with Crippen molar-refractivity contribution in [1.29, 1.82) is 0 Å². The second-order valence-corrected chi connectivity index (χ2v) is 9.13. The van der Waals surface area contributed by atoms with Gasteiger partial charge in [0.25, 0.3) is 0 Å². The van der Waals surface area contributed by atoms with Crippen molar-refractivity contribution in [2.75, 3.05) is 5.75 Å². The highest BCUT2D eigenvalue weighted by Crippen LogP contribution is 2.05. The van der Waals surface area contributed by atoms with E-state index in [1.807, 2.05) is 0 Å². The van der Waals surface area contributed by atoms with Crippen LogP contribution in [0, 0.1) is 0 Å². The highest BCUT2D eigenvalue weighted by Gasteiger charge is 2.30. The van der Waals surface area contributed by atoms with Crippen LogP contribution in [0.2, 0.25) is 0 Å². The van der Waals surface area contributed by atoms with E-state index in [1.165, 1.54) is 6.92 Å². The van der Waals surface area contributed by atoms with E-state index in [2.05, 4.69) is 33.9 Å². The Morgan fingerprint density at radius 2 is 1.32 bits per heavy atom. The van der Waals surface area contributed by atoms with Gasteiger partial charge < -0.3 is 42.3 Å². The van der Waals surface area contributed by atoms with Crippen molar-refractivity contribution in [2.24, 2.45) is 5.73 Å². The molecule has 16 heteroatoms. The maximum atomic E-state index is 12.8. The third kappa shape index (κ3) is 12.1. The van der Waals surface area contributed by atoms with Gasteiger partial charge in [-0.1, -0.05) is 30.3 Å². The Balaban J connectivity index is 2.84. The summed E-state index contributed by atoms with van der Waals surface area (Å²) in [6.45, 7) is 1.30.